The molecule has 2 unspecified atom stereocenters. The second-order valence-corrected chi connectivity index (χ2v) is 5.45. The third kappa shape index (κ3) is 3.07. The summed E-state index contributed by atoms with van der Waals surface area (Å²) in [5.74, 6) is 0.405. The van der Waals surface area contributed by atoms with Crippen molar-refractivity contribution >= 4 is 5.91 Å². The Morgan fingerprint density at radius 2 is 2.21 bits per heavy atom. The van der Waals surface area contributed by atoms with E-state index < -0.39 is 0 Å². The van der Waals surface area contributed by atoms with Crippen molar-refractivity contribution in [2.45, 2.75) is 38.3 Å². The first-order chi connectivity index (χ1) is 8.99. The number of fused-ring (bicyclic) bond motifs is 1. The third-order valence-corrected chi connectivity index (χ3v) is 3.70. The van der Waals surface area contributed by atoms with Crippen molar-refractivity contribution in [3.05, 3.63) is 29.3 Å². The zero-order chi connectivity index (χ0) is 14.0. The van der Waals surface area contributed by atoms with Crippen LogP contribution in [0.25, 0.3) is 0 Å². The molecule has 19 heavy (non-hydrogen) atoms. The quantitative estimate of drug-likeness (QED) is 0.874. The van der Waals surface area contributed by atoms with E-state index in [2.05, 4.69) is 5.32 Å². The number of amides is 1. The lowest BCUT2D eigenvalue weighted by Gasteiger charge is -2.29. The van der Waals surface area contributed by atoms with E-state index in [4.69, 9.17) is 0 Å². The summed E-state index contributed by atoms with van der Waals surface area (Å²) in [6.45, 7) is 1.90. The van der Waals surface area contributed by atoms with Gasteiger partial charge in [-0.15, -0.1) is 0 Å². The van der Waals surface area contributed by atoms with Gasteiger partial charge in [-0.1, -0.05) is 6.07 Å². The van der Waals surface area contributed by atoms with Crippen molar-refractivity contribution in [3.63, 3.8) is 0 Å². The molecule has 0 fully saturated rings. The summed E-state index contributed by atoms with van der Waals surface area (Å²) in [7, 11) is 3.54. The normalized spacial score (nSPS) is 19.6. The Hall–Kier alpha value is -1.55. The number of benzene rings is 1. The zero-order valence-corrected chi connectivity index (χ0v) is 11.8. The van der Waals surface area contributed by atoms with Crippen LogP contribution in [0, 0.1) is 0 Å². The van der Waals surface area contributed by atoms with Crippen LogP contribution >= 0.6 is 0 Å². The second kappa shape index (κ2) is 5.61. The number of likely N-dealkylation sites (N-methyl/N-ethyl adjacent to an activating group) is 1. The van der Waals surface area contributed by atoms with Gasteiger partial charge in [-0.2, -0.15) is 0 Å². The largest absolute Gasteiger partial charge is 0.508 e. The molecule has 0 radical (unpaired) electrons. The lowest BCUT2D eigenvalue weighted by Crippen LogP contribution is -2.43. The standard InChI is InChI=1S/C15H22N2O2/c1-10(15(19)17(2)3)16-14-6-4-5-11-9-12(18)7-8-13(11)14/h7-10,14,16,18H,4-6H2,1-3H3. The van der Waals surface area contributed by atoms with Gasteiger partial charge in [-0.05, 0) is 49.4 Å². The van der Waals surface area contributed by atoms with Crippen LogP contribution < -0.4 is 5.32 Å². The van der Waals surface area contributed by atoms with Crippen molar-refractivity contribution in [2.75, 3.05) is 14.1 Å². The van der Waals surface area contributed by atoms with Gasteiger partial charge >= 0.3 is 0 Å². The Kier molecular flexibility index (Phi) is 4.10. The first kappa shape index (κ1) is 13.9. The van der Waals surface area contributed by atoms with E-state index in [1.165, 1.54) is 11.1 Å². The van der Waals surface area contributed by atoms with E-state index in [1.807, 2.05) is 19.1 Å². The number of nitrogens with zero attached hydrogens (tertiary/aromatic N) is 1. The third-order valence-electron chi connectivity index (χ3n) is 3.70. The van der Waals surface area contributed by atoms with Gasteiger partial charge in [0.2, 0.25) is 5.91 Å². The van der Waals surface area contributed by atoms with Crippen molar-refractivity contribution < 1.29 is 9.90 Å². The molecule has 2 N–H and O–H groups in total. The van der Waals surface area contributed by atoms with Gasteiger partial charge in [0.15, 0.2) is 0 Å². The van der Waals surface area contributed by atoms with Gasteiger partial charge in [0.25, 0.3) is 0 Å². The Bertz CT molecular complexity index is 471. The van der Waals surface area contributed by atoms with E-state index in [9.17, 15) is 9.90 Å². The summed E-state index contributed by atoms with van der Waals surface area (Å²) in [5.41, 5.74) is 2.40. The highest BCUT2D eigenvalue weighted by Gasteiger charge is 2.24. The smallest absolute Gasteiger partial charge is 0.238 e. The van der Waals surface area contributed by atoms with Crippen LogP contribution in [-0.2, 0) is 11.2 Å². The highest BCUT2D eigenvalue weighted by atomic mass is 16.3. The number of hydrogen-bond acceptors (Lipinski definition) is 3. The Morgan fingerprint density at radius 1 is 1.47 bits per heavy atom. The molecule has 0 aromatic heterocycles. The average Bonchev–Trinajstić information content (AvgIpc) is 2.37. The number of hydrogen-bond donors (Lipinski definition) is 2. The molecule has 4 heteroatoms. The summed E-state index contributed by atoms with van der Waals surface area (Å²) in [4.78, 5) is 13.5. The average molecular weight is 262 g/mol. The minimum atomic E-state index is -0.195. The summed E-state index contributed by atoms with van der Waals surface area (Å²) < 4.78 is 0. The highest BCUT2D eigenvalue weighted by Crippen LogP contribution is 2.32. The summed E-state index contributed by atoms with van der Waals surface area (Å²) >= 11 is 0. The van der Waals surface area contributed by atoms with Crippen LogP contribution in [-0.4, -0.2) is 36.1 Å². The number of rotatable bonds is 3. The fourth-order valence-corrected chi connectivity index (χ4v) is 2.73. The topological polar surface area (TPSA) is 52.6 Å². The molecular formula is C15H22N2O2. The van der Waals surface area contributed by atoms with Crippen molar-refractivity contribution in [3.8, 4) is 5.75 Å². The Labute approximate surface area is 114 Å². The Morgan fingerprint density at radius 3 is 2.89 bits per heavy atom. The van der Waals surface area contributed by atoms with E-state index in [0.717, 1.165) is 19.3 Å². The van der Waals surface area contributed by atoms with E-state index in [0.29, 0.717) is 5.75 Å². The van der Waals surface area contributed by atoms with Crippen molar-refractivity contribution in [1.29, 1.82) is 0 Å². The predicted octanol–water partition coefficient (Wildman–Crippen LogP) is 1.84. The van der Waals surface area contributed by atoms with Crippen LogP contribution in [0.3, 0.4) is 0 Å². The van der Waals surface area contributed by atoms with E-state index in [1.54, 1.807) is 25.1 Å². The van der Waals surface area contributed by atoms with Crippen LogP contribution in [0.5, 0.6) is 5.75 Å². The molecule has 2 atom stereocenters. The maximum Gasteiger partial charge on any atom is 0.238 e. The molecule has 2 rings (SSSR count). The van der Waals surface area contributed by atoms with Crippen molar-refractivity contribution in [1.82, 2.24) is 10.2 Å². The first-order valence-electron chi connectivity index (χ1n) is 6.78. The number of carbonyl (C=O) groups excluding carboxylic acids is 1. The lowest BCUT2D eigenvalue weighted by molar-refractivity contribution is -0.130. The number of phenols is 1. The second-order valence-electron chi connectivity index (χ2n) is 5.45. The van der Waals surface area contributed by atoms with Gasteiger partial charge in [0, 0.05) is 20.1 Å². The molecule has 4 nitrogen and oxygen atoms in total. The number of nitrogens with one attached hydrogen (secondary N) is 1. The van der Waals surface area contributed by atoms with Gasteiger partial charge in [0.1, 0.15) is 5.75 Å². The van der Waals surface area contributed by atoms with E-state index in [-0.39, 0.29) is 18.0 Å². The maximum absolute atomic E-state index is 11.9. The summed E-state index contributed by atoms with van der Waals surface area (Å²) in [6, 6.07) is 5.52. The summed E-state index contributed by atoms with van der Waals surface area (Å²) in [5, 5.41) is 12.9. The van der Waals surface area contributed by atoms with Crippen LogP contribution in [0.2, 0.25) is 0 Å². The molecule has 0 saturated carbocycles. The van der Waals surface area contributed by atoms with Crippen LogP contribution in [0.1, 0.15) is 36.9 Å². The highest BCUT2D eigenvalue weighted by molar-refractivity contribution is 5.81. The molecule has 0 spiro atoms. The fraction of sp³-hybridized carbons (Fsp3) is 0.533. The fourth-order valence-electron chi connectivity index (χ4n) is 2.73. The molecule has 0 saturated heterocycles. The predicted molar refractivity (Wildman–Crippen MR) is 75.1 cm³/mol. The first-order valence-corrected chi connectivity index (χ1v) is 6.78. The molecule has 1 aromatic rings. The minimum absolute atomic E-state index is 0.0888. The van der Waals surface area contributed by atoms with Crippen LogP contribution in [0.4, 0.5) is 0 Å². The van der Waals surface area contributed by atoms with Crippen molar-refractivity contribution in [2.24, 2.45) is 0 Å². The molecule has 1 aliphatic rings. The summed E-state index contributed by atoms with van der Waals surface area (Å²) in [6.07, 6.45) is 3.11. The lowest BCUT2D eigenvalue weighted by atomic mass is 9.87. The van der Waals surface area contributed by atoms with Gasteiger partial charge in [-0.25, -0.2) is 0 Å². The SMILES string of the molecule is CC(NC1CCCc2cc(O)ccc21)C(=O)N(C)C. The maximum atomic E-state index is 11.9. The Balaban J connectivity index is 2.13. The monoisotopic (exact) mass is 262 g/mol. The van der Waals surface area contributed by atoms with Crippen LogP contribution in [0.15, 0.2) is 18.2 Å². The number of carbonyl (C=O) groups is 1. The molecular weight excluding hydrogens is 240 g/mol. The molecule has 0 heterocycles. The molecule has 1 amide bonds. The molecule has 1 aliphatic carbocycles. The molecule has 1 aromatic carbocycles. The number of phenolic OH excluding ortho intramolecular Hbond substituents is 1. The van der Waals surface area contributed by atoms with E-state index >= 15 is 0 Å². The zero-order valence-electron chi connectivity index (χ0n) is 11.8. The molecule has 0 aliphatic heterocycles. The molecule has 104 valence electrons. The number of aryl methyl sites for hydroxylation is 1. The minimum Gasteiger partial charge on any atom is -0.508 e. The van der Waals surface area contributed by atoms with Gasteiger partial charge in [-0.3, -0.25) is 10.1 Å². The molecule has 0 bridgehead atoms. The van der Waals surface area contributed by atoms with Gasteiger partial charge < -0.3 is 10.0 Å². The number of aromatic hydroxyl groups is 1. The van der Waals surface area contributed by atoms with Gasteiger partial charge in [0.05, 0.1) is 6.04 Å².